The van der Waals surface area contributed by atoms with E-state index >= 15 is 0 Å². The van der Waals surface area contributed by atoms with Crippen molar-refractivity contribution < 1.29 is 19.4 Å². The molecule has 0 radical (unpaired) electrons. The summed E-state index contributed by atoms with van der Waals surface area (Å²) >= 11 is 0. The number of amides is 2. The van der Waals surface area contributed by atoms with E-state index in [1.165, 1.54) is 7.11 Å². The molecule has 1 heterocycles. The zero-order valence-corrected chi connectivity index (χ0v) is 10.8. The number of imide groups is 1. The molecule has 1 aromatic rings. The van der Waals surface area contributed by atoms with E-state index < -0.39 is 6.10 Å². The number of anilines is 1. The number of aliphatic hydroxyl groups is 1. The van der Waals surface area contributed by atoms with Crippen molar-refractivity contribution in [2.75, 3.05) is 25.1 Å². The minimum absolute atomic E-state index is 0.0820. The molecule has 1 fully saturated rings. The Morgan fingerprint density at radius 3 is 2.47 bits per heavy atom. The lowest BCUT2D eigenvalue weighted by atomic mass is 10.0. The first-order valence-corrected chi connectivity index (χ1v) is 5.95. The highest BCUT2D eigenvalue weighted by atomic mass is 16.5. The van der Waals surface area contributed by atoms with E-state index in [2.05, 4.69) is 5.32 Å². The van der Waals surface area contributed by atoms with Crippen LogP contribution in [0.15, 0.2) is 18.2 Å². The third kappa shape index (κ3) is 2.68. The molecule has 1 aromatic carbocycles. The number of aliphatic hydroxyl groups excluding tert-OH is 1. The number of ether oxygens (including phenoxy) is 1. The summed E-state index contributed by atoms with van der Waals surface area (Å²) in [6.45, 7) is 1.78. The van der Waals surface area contributed by atoms with Gasteiger partial charge in [-0.2, -0.15) is 0 Å². The summed E-state index contributed by atoms with van der Waals surface area (Å²) in [5.74, 6) is -0.169. The first-order valence-electron chi connectivity index (χ1n) is 5.95. The molecular formula is C13H16N2O4. The molecule has 0 unspecified atom stereocenters. The zero-order valence-electron chi connectivity index (χ0n) is 10.8. The molecule has 19 heavy (non-hydrogen) atoms. The predicted molar refractivity (Wildman–Crippen MR) is 69.0 cm³/mol. The second kappa shape index (κ2) is 5.27. The molecule has 2 amide bonds. The fourth-order valence-electron chi connectivity index (χ4n) is 2.21. The minimum Gasteiger partial charge on any atom is -0.496 e. The van der Waals surface area contributed by atoms with E-state index in [4.69, 9.17) is 4.74 Å². The summed E-state index contributed by atoms with van der Waals surface area (Å²) < 4.78 is 5.22. The van der Waals surface area contributed by atoms with Crippen LogP contribution in [0.3, 0.4) is 0 Å². The Kier molecular flexibility index (Phi) is 3.71. The third-order valence-electron chi connectivity index (χ3n) is 2.97. The molecule has 6 nitrogen and oxygen atoms in total. The molecule has 0 saturated carbocycles. The van der Waals surface area contributed by atoms with Gasteiger partial charge in [-0.05, 0) is 19.1 Å². The van der Waals surface area contributed by atoms with Crippen LogP contribution in [0.4, 0.5) is 5.69 Å². The third-order valence-corrected chi connectivity index (χ3v) is 2.97. The van der Waals surface area contributed by atoms with Gasteiger partial charge in [0.2, 0.25) is 11.8 Å². The van der Waals surface area contributed by atoms with Crippen LogP contribution in [0.25, 0.3) is 0 Å². The number of carbonyl (C=O) groups excluding carboxylic acids is 2. The van der Waals surface area contributed by atoms with Gasteiger partial charge in [0.15, 0.2) is 0 Å². The topological polar surface area (TPSA) is 78.9 Å². The van der Waals surface area contributed by atoms with E-state index in [0.717, 1.165) is 0 Å². The number of piperazine rings is 1. The molecule has 2 rings (SSSR count). The lowest BCUT2D eigenvalue weighted by Crippen LogP contribution is -2.51. The van der Waals surface area contributed by atoms with Crippen LogP contribution in [0.1, 0.15) is 18.6 Å². The molecule has 2 N–H and O–H groups in total. The highest BCUT2D eigenvalue weighted by molar-refractivity contribution is 6.02. The Morgan fingerprint density at radius 1 is 1.32 bits per heavy atom. The quantitative estimate of drug-likeness (QED) is 0.763. The number of nitrogens with zero attached hydrogens (tertiary/aromatic N) is 1. The maximum atomic E-state index is 11.4. The Bertz CT molecular complexity index is 497. The van der Waals surface area contributed by atoms with Gasteiger partial charge in [0.1, 0.15) is 5.75 Å². The second-order valence-corrected chi connectivity index (χ2v) is 4.40. The van der Waals surface area contributed by atoms with E-state index in [9.17, 15) is 14.7 Å². The number of methoxy groups -OCH3 is 1. The van der Waals surface area contributed by atoms with Crippen LogP contribution in [-0.2, 0) is 9.59 Å². The van der Waals surface area contributed by atoms with Gasteiger partial charge in [-0.1, -0.05) is 6.07 Å². The monoisotopic (exact) mass is 264 g/mol. The summed E-state index contributed by atoms with van der Waals surface area (Å²) in [7, 11) is 1.51. The van der Waals surface area contributed by atoms with Crippen molar-refractivity contribution in [2.24, 2.45) is 0 Å². The van der Waals surface area contributed by atoms with Crippen molar-refractivity contribution in [3.05, 3.63) is 23.8 Å². The van der Waals surface area contributed by atoms with Crippen molar-refractivity contribution in [3.8, 4) is 5.75 Å². The van der Waals surface area contributed by atoms with Crippen LogP contribution >= 0.6 is 0 Å². The molecule has 102 valence electrons. The summed E-state index contributed by atoms with van der Waals surface area (Å²) in [5.41, 5.74) is 1.21. The molecule has 0 aliphatic carbocycles. The number of benzene rings is 1. The lowest BCUT2D eigenvalue weighted by Gasteiger charge is -2.30. The molecule has 1 atom stereocenters. The highest BCUT2D eigenvalue weighted by Gasteiger charge is 2.26. The van der Waals surface area contributed by atoms with E-state index in [0.29, 0.717) is 17.0 Å². The van der Waals surface area contributed by atoms with E-state index in [-0.39, 0.29) is 24.9 Å². The minimum atomic E-state index is -0.758. The van der Waals surface area contributed by atoms with Gasteiger partial charge in [-0.15, -0.1) is 0 Å². The second-order valence-electron chi connectivity index (χ2n) is 4.40. The average Bonchev–Trinajstić information content (AvgIpc) is 2.36. The van der Waals surface area contributed by atoms with Crippen molar-refractivity contribution in [3.63, 3.8) is 0 Å². The van der Waals surface area contributed by atoms with Crippen LogP contribution in [-0.4, -0.2) is 37.1 Å². The van der Waals surface area contributed by atoms with Gasteiger partial charge < -0.3 is 14.7 Å². The predicted octanol–water partition coefficient (Wildman–Crippen LogP) is 0.211. The maximum absolute atomic E-state index is 11.4. The Morgan fingerprint density at radius 2 is 1.95 bits per heavy atom. The molecule has 0 spiro atoms. The SMILES string of the molecule is COc1cccc(N2CC(=O)NC(=O)C2)c1[C@H](C)O. The molecular weight excluding hydrogens is 248 g/mol. The fraction of sp³-hybridized carbons (Fsp3) is 0.385. The summed E-state index contributed by atoms with van der Waals surface area (Å²) in [5, 5.41) is 12.1. The molecule has 1 aliphatic heterocycles. The van der Waals surface area contributed by atoms with Gasteiger partial charge in [0.25, 0.3) is 0 Å². The summed E-state index contributed by atoms with van der Waals surface area (Å²) in [4.78, 5) is 24.5. The van der Waals surface area contributed by atoms with Gasteiger partial charge >= 0.3 is 0 Å². The maximum Gasteiger partial charge on any atom is 0.246 e. The molecule has 1 saturated heterocycles. The molecule has 0 aromatic heterocycles. The number of rotatable bonds is 3. The van der Waals surface area contributed by atoms with Crippen molar-refractivity contribution >= 4 is 17.5 Å². The Labute approximate surface area is 111 Å². The largest absolute Gasteiger partial charge is 0.496 e. The van der Waals surface area contributed by atoms with Crippen LogP contribution in [0.2, 0.25) is 0 Å². The molecule has 0 bridgehead atoms. The number of carbonyl (C=O) groups is 2. The Hall–Kier alpha value is -2.08. The summed E-state index contributed by atoms with van der Waals surface area (Å²) in [6, 6.07) is 5.25. The van der Waals surface area contributed by atoms with Crippen molar-refractivity contribution in [1.29, 1.82) is 0 Å². The van der Waals surface area contributed by atoms with Crippen molar-refractivity contribution in [2.45, 2.75) is 13.0 Å². The zero-order chi connectivity index (χ0) is 14.0. The van der Waals surface area contributed by atoms with Crippen LogP contribution in [0, 0.1) is 0 Å². The van der Waals surface area contributed by atoms with Gasteiger partial charge in [-0.3, -0.25) is 14.9 Å². The smallest absolute Gasteiger partial charge is 0.246 e. The van der Waals surface area contributed by atoms with Crippen LogP contribution < -0.4 is 15.0 Å². The fourth-order valence-corrected chi connectivity index (χ4v) is 2.21. The van der Waals surface area contributed by atoms with Gasteiger partial charge in [-0.25, -0.2) is 0 Å². The highest BCUT2D eigenvalue weighted by Crippen LogP contribution is 2.34. The van der Waals surface area contributed by atoms with E-state index in [1.54, 1.807) is 30.0 Å². The van der Waals surface area contributed by atoms with Crippen LogP contribution in [0.5, 0.6) is 5.75 Å². The lowest BCUT2D eigenvalue weighted by molar-refractivity contribution is -0.130. The summed E-state index contributed by atoms with van der Waals surface area (Å²) in [6.07, 6.45) is -0.758. The first kappa shape index (κ1) is 13.4. The molecule has 6 heteroatoms. The van der Waals surface area contributed by atoms with Crippen molar-refractivity contribution in [1.82, 2.24) is 5.32 Å². The standard InChI is InChI=1S/C13H16N2O4/c1-8(16)13-9(4-3-5-10(13)19-2)15-6-11(17)14-12(18)7-15/h3-5,8,16H,6-7H2,1-2H3,(H,14,17,18)/t8-/m0/s1. The number of nitrogens with one attached hydrogen (secondary N) is 1. The average molecular weight is 264 g/mol. The van der Waals surface area contributed by atoms with Gasteiger partial charge in [0, 0.05) is 11.3 Å². The first-order chi connectivity index (χ1) is 9.02. The number of hydrogen-bond acceptors (Lipinski definition) is 5. The van der Waals surface area contributed by atoms with Gasteiger partial charge in [0.05, 0.1) is 26.3 Å². The van der Waals surface area contributed by atoms with E-state index in [1.807, 2.05) is 0 Å². The number of hydrogen-bond donors (Lipinski definition) is 2. The molecule has 1 aliphatic rings. The Balaban J connectivity index is 2.43. The normalized spacial score (nSPS) is 17.1.